The van der Waals surface area contributed by atoms with Crippen molar-refractivity contribution in [3.63, 3.8) is 0 Å². The van der Waals surface area contributed by atoms with E-state index >= 15 is 0 Å². The van der Waals surface area contributed by atoms with Crippen LogP contribution in [0.1, 0.15) is 32.6 Å². The Kier molecular flexibility index (Phi) is 2.75. The van der Waals surface area contributed by atoms with Gasteiger partial charge in [0, 0.05) is 5.33 Å². The summed E-state index contributed by atoms with van der Waals surface area (Å²) in [7, 11) is 0. The molecule has 1 aliphatic carbocycles. The van der Waals surface area contributed by atoms with Crippen LogP contribution in [0.5, 0.6) is 0 Å². The smallest absolute Gasteiger partial charge is 0.0769 e. The van der Waals surface area contributed by atoms with E-state index in [4.69, 9.17) is 0 Å². The van der Waals surface area contributed by atoms with Gasteiger partial charge in [0.1, 0.15) is 0 Å². The quantitative estimate of drug-likeness (QED) is 0.654. The molecular formula is C8H15BrO. The first-order chi connectivity index (χ1) is 4.69. The molecule has 0 aromatic carbocycles. The van der Waals surface area contributed by atoms with Gasteiger partial charge < -0.3 is 5.11 Å². The summed E-state index contributed by atoms with van der Waals surface area (Å²) < 4.78 is 0. The van der Waals surface area contributed by atoms with Crippen molar-refractivity contribution in [1.29, 1.82) is 0 Å². The molecule has 2 atom stereocenters. The second-order valence-electron chi connectivity index (χ2n) is 3.38. The van der Waals surface area contributed by atoms with Gasteiger partial charge in [-0.25, -0.2) is 0 Å². The van der Waals surface area contributed by atoms with Crippen molar-refractivity contribution in [1.82, 2.24) is 0 Å². The molecule has 0 saturated heterocycles. The first kappa shape index (κ1) is 8.54. The Balaban J connectivity index is 2.54. The van der Waals surface area contributed by atoms with Gasteiger partial charge in [-0.05, 0) is 18.8 Å². The molecule has 0 aliphatic heterocycles. The summed E-state index contributed by atoms with van der Waals surface area (Å²) >= 11 is 3.36. The molecule has 1 saturated carbocycles. The predicted octanol–water partition coefficient (Wildman–Crippen LogP) is 2.32. The lowest BCUT2D eigenvalue weighted by molar-refractivity contribution is -0.0183. The molecule has 0 bridgehead atoms. The Bertz CT molecular complexity index is 116. The van der Waals surface area contributed by atoms with Crippen LogP contribution in [-0.4, -0.2) is 16.0 Å². The van der Waals surface area contributed by atoms with Crippen LogP contribution in [0.15, 0.2) is 0 Å². The van der Waals surface area contributed by atoms with E-state index in [0.29, 0.717) is 5.92 Å². The maximum atomic E-state index is 9.90. The van der Waals surface area contributed by atoms with E-state index < -0.39 is 5.60 Å². The second kappa shape index (κ2) is 3.22. The van der Waals surface area contributed by atoms with E-state index in [0.717, 1.165) is 11.8 Å². The Morgan fingerprint density at radius 3 is 2.70 bits per heavy atom. The lowest BCUT2D eigenvalue weighted by atomic mass is 9.78. The summed E-state index contributed by atoms with van der Waals surface area (Å²) in [5.41, 5.74) is -0.405. The van der Waals surface area contributed by atoms with Crippen molar-refractivity contribution in [2.45, 2.75) is 38.2 Å². The molecule has 0 aromatic rings. The van der Waals surface area contributed by atoms with E-state index in [-0.39, 0.29) is 0 Å². The van der Waals surface area contributed by atoms with Gasteiger partial charge in [-0.3, -0.25) is 0 Å². The third-order valence-corrected chi connectivity index (χ3v) is 3.62. The van der Waals surface area contributed by atoms with Gasteiger partial charge in [0.15, 0.2) is 0 Å². The highest BCUT2D eigenvalue weighted by atomic mass is 79.9. The van der Waals surface area contributed by atoms with E-state index in [1.807, 2.05) is 0 Å². The number of alkyl halides is 1. The van der Waals surface area contributed by atoms with Crippen LogP contribution in [0.4, 0.5) is 0 Å². The molecule has 10 heavy (non-hydrogen) atoms. The zero-order chi connectivity index (χ0) is 7.61. The maximum Gasteiger partial charge on any atom is 0.0769 e. The molecule has 2 heteroatoms. The van der Waals surface area contributed by atoms with Gasteiger partial charge in [-0.15, -0.1) is 0 Å². The molecule has 60 valence electrons. The minimum atomic E-state index is -0.405. The standard InChI is InChI=1S/C8H15BrO/c1-7-4-2-3-5-8(7,10)6-9/h7,10H,2-6H2,1H3/t7-,8-/m0/s1. The summed E-state index contributed by atoms with van der Waals surface area (Å²) in [6, 6.07) is 0. The Labute approximate surface area is 70.9 Å². The first-order valence-electron chi connectivity index (χ1n) is 3.97. The van der Waals surface area contributed by atoms with Gasteiger partial charge in [0.25, 0.3) is 0 Å². The van der Waals surface area contributed by atoms with Gasteiger partial charge in [-0.1, -0.05) is 35.7 Å². The summed E-state index contributed by atoms with van der Waals surface area (Å²) in [4.78, 5) is 0. The fraction of sp³-hybridized carbons (Fsp3) is 1.00. The Hall–Kier alpha value is 0.440. The van der Waals surface area contributed by atoms with Gasteiger partial charge >= 0.3 is 0 Å². The van der Waals surface area contributed by atoms with Gasteiger partial charge in [0.2, 0.25) is 0 Å². The van der Waals surface area contributed by atoms with Crippen LogP contribution in [-0.2, 0) is 0 Å². The van der Waals surface area contributed by atoms with Crippen LogP contribution in [0.2, 0.25) is 0 Å². The third-order valence-electron chi connectivity index (χ3n) is 2.65. The summed E-state index contributed by atoms with van der Waals surface area (Å²) in [6.45, 7) is 2.14. The number of hydrogen-bond donors (Lipinski definition) is 1. The molecule has 1 fully saturated rings. The zero-order valence-electron chi connectivity index (χ0n) is 6.44. The monoisotopic (exact) mass is 206 g/mol. The average Bonchev–Trinajstić information content (AvgIpc) is 1.96. The van der Waals surface area contributed by atoms with Crippen molar-refractivity contribution in [3.8, 4) is 0 Å². The van der Waals surface area contributed by atoms with E-state index in [9.17, 15) is 5.11 Å². The average molecular weight is 207 g/mol. The first-order valence-corrected chi connectivity index (χ1v) is 5.09. The predicted molar refractivity (Wildman–Crippen MR) is 46.4 cm³/mol. The number of aliphatic hydroxyl groups is 1. The van der Waals surface area contributed by atoms with E-state index in [2.05, 4.69) is 22.9 Å². The van der Waals surface area contributed by atoms with Crippen molar-refractivity contribution in [3.05, 3.63) is 0 Å². The third kappa shape index (κ3) is 1.54. The Morgan fingerprint density at radius 2 is 2.30 bits per heavy atom. The van der Waals surface area contributed by atoms with Gasteiger partial charge in [0.05, 0.1) is 5.60 Å². The summed E-state index contributed by atoms with van der Waals surface area (Å²) in [6.07, 6.45) is 4.63. The highest BCUT2D eigenvalue weighted by molar-refractivity contribution is 9.09. The van der Waals surface area contributed by atoms with Crippen LogP contribution < -0.4 is 0 Å². The second-order valence-corrected chi connectivity index (χ2v) is 3.94. The molecule has 0 radical (unpaired) electrons. The lowest BCUT2D eigenvalue weighted by Crippen LogP contribution is -2.40. The van der Waals surface area contributed by atoms with Crippen molar-refractivity contribution in [2.75, 3.05) is 5.33 Å². The molecule has 1 rings (SSSR count). The molecule has 0 aromatic heterocycles. The summed E-state index contributed by atoms with van der Waals surface area (Å²) in [5.74, 6) is 0.473. The molecule has 0 spiro atoms. The van der Waals surface area contributed by atoms with Crippen LogP contribution >= 0.6 is 15.9 Å². The Morgan fingerprint density at radius 1 is 1.60 bits per heavy atom. The van der Waals surface area contributed by atoms with Crippen molar-refractivity contribution in [2.24, 2.45) is 5.92 Å². The highest BCUT2D eigenvalue weighted by Crippen LogP contribution is 2.34. The highest BCUT2D eigenvalue weighted by Gasteiger charge is 2.34. The number of rotatable bonds is 1. The number of halogens is 1. The van der Waals surface area contributed by atoms with Crippen molar-refractivity contribution >= 4 is 15.9 Å². The maximum absolute atomic E-state index is 9.90. The van der Waals surface area contributed by atoms with E-state index in [1.54, 1.807) is 0 Å². The largest absolute Gasteiger partial charge is 0.389 e. The normalized spacial score (nSPS) is 41.7. The van der Waals surface area contributed by atoms with E-state index in [1.165, 1.54) is 19.3 Å². The molecular weight excluding hydrogens is 192 g/mol. The lowest BCUT2D eigenvalue weighted by Gasteiger charge is -2.36. The fourth-order valence-electron chi connectivity index (χ4n) is 1.60. The molecule has 1 nitrogen and oxygen atoms in total. The topological polar surface area (TPSA) is 20.2 Å². The van der Waals surface area contributed by atoms with Crippen LogP contribution in [0.25, 0.3) is 0 Å². The molecule has 1 N–H and O–H groups in total. The minimum Gasteiger partial charge on any atom is -0.389 e. The molecule has 0 heterocycles. The minimum absolute atomic E-state index is 0.405. The van der Waals surface area contributed by atoms with Crippen molar-refractivity contribution < 1.29 is 5.11 Å². The SMILES string of the molecule is C[C@H]1CCCC[C@]1(O)CBr. The fourth-order valence-corrected chi connectivity index (χ4v) is 2.43. The molecule has 0 amide bonds. The zero-order valence-corrected chi connectivity index (χ0v) is 8.02. The molecule has 0 unspecified atom stereocenters. The van der Waals surface area contributed by atoms with Crippen LogP contribution in [0, 0.1) is 5.92 Å². The van der Waals surface area contributed by atoms with Crippen LogP contribution in [0.3, 0.4) is 0 Å². The number of hydrogen-bond acceptors (Lipinski definition) is 1. The van der Waals surface area contributed by atoms with Gasteiger partial charge in [-0.2, -0.15) is 0 Å². The molecule has 1 aliphatic rings. The summed E-state index contributed by atoms with van der Waals surface area (Å²) in [5, 5.41) is 10.6.